The molecule has 0 saturated carbocycles. The van der Waals surface area contributed by atoms with E-state index in [2.05, 4.69) is 33.8 Å². The molecule has 2 aromatic carbocycles. The molecule has 5 rings (SSSR count). The summed E-state index contributed by atoms with van der Waals surface area (Å²) in [5.41, 5.74) is 3.23. The van der Waals surface area contributed by atoms with Crippen LogP contribution in [-0.2, 0) is 19.5 Å². The van der Waals surface area contributed by atoms with E-state index < -0.39 is 0 Å². The van der Waals surface area contributed by atoms with Gasteiger partial charge in [-0.15, -0.1) is 21.5 Å². The molecule has 2 aromatic heterocycles. The Morgan fingerprint density at radius 3 is 2.59 bits per heavy atom. The lowest BCUT2D eigenvalue weighted by Crippen LogP contribution is -2.29. The van der Waals surface area contributed by atoms with Crippen LogP contribution in [0.1, 0.15) is 34.6 Å². The van der Waals surface area contributed by atoms with Crippen molar-refractivity contribution in [1.29, 1.82) is 0 Å². The summed E-state index contributed by atoms with van der Waals surface area (Å²) >= 11 is 14.3. The standard InChI is InChI=1S/C24H20Cl2N6OS/c1-2-14-11-16-22(15-7-3-4-8-17(15)25)27-12-20-30-31-21(32(20)23(16)34-14)13-28-24(33)29-19-10-6-5-9-18(19)26/h3-11H,2,12-13H2,1H3,(H2,28,29,33). The lowest BCUT2D eigenvalue weighted by atomic mass is 10.0. The molecule has 4 aromatic rings. The Kier molecular flexibility index (Phi) is 6.36. The third-order valence-electron chi connectivity index (χ3n) is 5.40. The van der Waals surface area contributed by atoms with Crippen LogP contribution in [-0.4, -0.2) is 26.5 Å². The zero-order chi connectivity index (χ0) is 23.7. The highest BCUT2D eigenvalue weighted by atomic mass is 35.5. The largest absolute Gasteiger partial charge is 0.331 e. The minimum absolute atomic E-state index is 0.184. The fraction of sp³-hybridized carbons (Fsp3) is 0.167. The Morgan fingerprint density at radius 2 is 1.82 bits per heavy atom. The summed E-state index contributed by atoms with van der Waals surface area (Å²) in [5.74, 6) is 1.32. The number of aryl methyl sites for hydroxylation is 1. The summed E-state index contributed by atoms with van der Waals surface area (Å²) in [5, 5.41) is 16.4. The summed E-state index contributed by atoms with van der Waals surface area (Å²) in [7, 11) is 0. The van der Waals surface area contributed by atoms with Gasteiger partial charge in [0.25, 0.3) is 0 Å². The zero-order valence-corrected chi connectivity index (χ0v) is 20.5. The number of hydrogen-bond acceptors (Lipinski definition) is 5. The van der Waals surface area contributed by atoms with E-state index in [0.29, 0.717) is 33.9 Å². The summed E-state index contributed by atoms with van der Waals surface area (Å²) in [4.78, 5) is 18.6. The molecule has 0 atom stereocenters. The molecule has 0 spiro atoms. The molecule has 172 valence electrons. The van der Waals surface area contributed by atoms with Gasteiger partial charge in [-0.3, -0.25) is 9.56 Å². The summed E-state index contributed by atoms with van der Waals surface area (Å²) in [6, 6.07) is 16.5. The van der Waals surface area contributed by atoms with E-state index in [0.717, 1.165) is 28.3 Å². The number of fused-ring (bicyclic) bond motifs is 3. The molecule has 0 fully saturated rings. The highest BCUT2D eigenvalue weighted by Gasteiger charge is 2.26. The molecule has 0 saturated heterocycles. The van der Waals surface area contributed by atoms with E-state index in [9.17, 15) is 4.79 Å². The number of carbonyl (C=O) groups excluding carboxylic acids is 1. The summed E-state index contributed by atoms with van der Waals surface area (Å²) in [6.45, 7) is 2.65. The number of para-hydroxylation sites is 1. The van der Waals surface area contributed by atoms with Crippen molar-refractivity contribution in [1.82, 2.24) is 20.1 Å². The van der Waals surface area contributed by atoms with Crippen molar-refractivity contribution in [2.24, 2.45) is 4.99 Å². The number of carbonyl (C=O) groups is 1. The maximum Gasteiger partial charge on any atom is 0.319 e. The fourth-order valence-corrected chi connectivity index (χ4v) is 5.30. The van der Waals surface area contributed by atoms with Crippen molar-refractivity contribution in [2.75, 3.05) is 5.32 Å². The van der Waals surface area contributed by atoms with Gasteiger partial charge < -0.3 is 10.6 Å². The first kappa shape index (κ1) is 22.6. The average molecular weight is 511 g/mol. The van der Waals surface area contributed by atoms with Crippen LogP contribution in [0.2, 0.25) is 10.0 Å². The molecule has 1 aliphatic heterocycles. The van der Waals surface area contributed by atoms with Gasteiger partial charge in [-0.05, 0) is 30.7 Å². The number of nitrogens with zero attached hydrogens (tertiary/aromatic N) is 4. The first-order valence-corrected chi connectivity index (χ1v) is 12.3. The summed E-state index contributed by atoms with van der Waals surface area (Å²) < 4.78 is 1.99. The number of aromatic nitrogens is 3. The minimum Gasteiger partial charge on any atom is -0.331 e. The summed E-state index contributed by atoms with van der Waals surface area (Å²) in [6.07, 6.45) is 0.888. The van der Waals surface area contributed by atoms with Gasteiger partial charge in [-0.25, -0.2) is 4.79 Å². The van der Waals surface area contributed by atoms with Crippen LogP contribution in [0.4, 0.5) is 10.5 Å². The third-order valence-corrected chi connectivity index (χ3v) is 7.33. The quantitative estimate of drug-likeness (QED) is 0.352. The fourth-order valence-electron chi connectivity index (χ4n) is 3.75. The lowest BCUT2D eigenvalue weighted by Gasteiger charge is -2.11. The number of rotatable bonds is 5. The first-order valence-electron chi connectivity index (χ1n) is 10.7. The highest BCUT2D eigenvalue weighted by molar-refractivity contribution is 7.15. The highest BCUT2D eigenvalue weighted by Crippen LogP contribution is 2.34. The van der Waals surface area contributed by atoms with Crippen LogP contribution in [0.15, 0.2) is 59.6 Å². The molecule has 10 heteroatoms. The Bertz CT molecular complexity index is 1410. The van der Waals surface area contributed by atoms with Crippen LogP contribution < -0.4 is 10.6 Å². The second-order valence-corrected chi connectivity index (χ2v) is 9.51. The number of thiophene rings is 1. The van der Waals surface area contributed by atoms with Crippen LogP contribution >= 0.6 is 34.5 Å². The van der Waals surface area contributed by atoms with E-state index in [1.807, 2.05) is 28.8 Å². The van der Waals surface area contributed by atoms with Gasteiger partial charge in [-0.1, -0.05) is 60.5 Å². The number of urea groups is 1. The molecular formula is C24H20Cl2N6OS. The van der Waals surface area contributed by atoms with Gasteiger partial charge in [0.1, 0.15) is 11.5 Å². The number of nitrogens with one attached hydrogen (secondary N) is 2. The molecule has 0 unspecified atom stereocenters. The second-order valence-electron chi connectivity index (χ2n) is 7.59. The van der Waals surface area contributed by atoms with Gasteiger partial charge in [0.05, 0.1) is 23.0 Å². The molecule has 0 radical (unpaired) electrons. The maximum atomic E-state index is 12.5. The van der Waals surface area contributed by atoms with Gasteiger partial charge in [0, 0.05) is 21.0 Å². The molecule has 7 nitrogen and oxygen atoms in total. The normalized spacial score (nSPS) is 12.4. The zero-order valence-electron chi connectivity index (χ0n) is 18.2. The molecule has 2 N–H and O–H groups in total. The van der Waals surface area contributed by atoms with Crippen molar-refractivity contribution < 1.29 is 4.79 Å². The SMILES string of the molecule is CCc1cc2c(s1)-n1c(nnc1CNC(=O)Nc1ccccc1Cl)CN=C2c1ccccc1Cl. The monoisotopic (exact) mass is 510 g/mol. The Labute approximate surface area is 210 Å². The van der Waals surface area contributed by atoms with Crippen LogP contribution in [0.3, 0.4) is 0 Å². The van der Waals surface area contributed by atoms with Crippen LogP contribution in [0.5, 0.6) is 0 Å². The maximum absolute atomic E-state index is 12.5. The number of benzene rings is 2. The Hall–Kier alpha value is -3.20. The van der Waals surface area contributed by atoms with Crippen molar-refractivity contribution >= 4 is 52.0 Å². The van der Waals surface area contributed by atoms with Gasteiger partial charge >= 0.3 is 6.03 Å². The molecule has 0 aliphatic carbocycles. The van der Waals surface area contributed by atoms with Crippen LogP contribution in [0, 0.1) is 0 Å². The van der Waals surface area contributed by atoms with Gasteiger partial charge in [0.15, 0.2) is 11.6 Å². The number of hydrogen-bond donors (Lipinski definition) is 2. The van der Waals surface area contributed by atoms with E-state index in [-0.39, 0.29) is 12.6 Å². The van der Waals surface area contributed by atoms with E-state index >= 15 is 0 Å². The topological polar surface area (TPSA) is 84.2 Å². The van der Waals surface area contributed by atoms with E-state index in [1.54, 1.807) is 35.6 Å². The van der Waals surface area contributed by atoms with Gasteiger partial charge in [-0.2, -0.15) is 0 Å². The Morgan fingerprint density at radius 1 is 1.06 bits per heavy atom. The molecule has 3 heterocycles. The number of amides is 2. The molecule has 1 aliphatic rings. The van der Waals surface area contributed by atoms with Crippen molar-refractivity contribution in [3.63, 3.8) is 0 Å². The molecule has 34 heavy (non-hydrogen) atoms. The van der Waals surface area contributed by atoms with E-state index in [1.165, 1.54) is 4.88 Å². The smallest absolute Gasteiger partial charge is 0.319 e. The van der Waals surface area contributed by atoms with Crippen molar-refractivity contribution in [3.8, 4) is 5.00 Å². The van der Waals surface area contributed by atoms with Gasteiger partial charge in [0.2, 0.25) is 0 Å². The molecule has 2 amide bonds. The van der Waals surface area contributed by atoms with Crippen LogP contribution in [0.25, 0.3) is 5.00 Å². The first-order chi connectivity index (χ1) is 16.5. The minimum atomic E-state index is -0.382. The average Bonchev–Trinajstić information content (AvgIpc) is 3.41. The second kappa shape index (κ2) is 9.58. The predicted octanol–water partition coefficient (Wildman–Crippen LogP) is 5.87. The third kappa shape index (κ3) is 4.32. The predicted molar refractivity (Wildman–Crippen MR) is 137 cm³/mol. The molecule has 0 bridgehead atoms. The number of aliphatic imine (C=N–C) groups is 1. The number of anilines is 1. The number of halogens is 2. The molecular weight excluding hydrogens is 491 g/mol. The lowest BCUT2D eigenvalue weighted by molar-refractivity contribution is 0.251. The Balaban J connectivity index is 1.46. The van der Waals surface area contributed by atoms with E-state index in [4.69, 9.17) is 28.2 Å². The van der Waals surface area contributed by atoms with Crippen molar-refractivity contribution in [3.05, 3.63) is 92.3 Å². The van der Waals surface area contributed by atoms with Crippen molar-refractivity contribution in [2.45, 2.75) is 26.4 Å².